The van der Waals surface area contributed by atoms with Crippen molar-refractivity contribution in [2.75, 3.05) is 0 Å². The lowest BCUT2D eigenvalue weighted by molar-refractivity contribution is 1.15. The van der Waals surface area contributed by atoms with Crippen molar-refractivity contribution in [3.63, 3.8) is 0 Å². The molecule has 2 heterocycles. The topological polar surface area (TPSA) is 45.3 Å². The number of para-hydroxylation sites is 1. The van der Waals surface area contributed by atoms with Crippen LogP contribution in [0.25, 0.3) is 15.0 Å². The van der Waals surface area contributed by atoms with Crippen LogP contribution < -0.4 is 5.56 Å². The fraction of sp³-hybridized carbons (Fsp3) is 0.0769. The van der Waals surface area contributed by atoms with Crippen LogP contribution in [0.1, 0.15) is 11.1 Å². The Bertz CT molecular complexity index is 886. The maximum atomic E-state index is 12.2. The average molecular weight is 275 g/mol. The number of nitriles is 1. The van der Waals surface area contributed by atoms with Gasteiger partial charge in [0.1, 0.15) is 15.9 Å². The van der Waals surface area contributed by atoms with Gasteiger partial charge in [-0.2, -0.15) is 5.26 Å². The van der Waals surface area contributed by atoms with E-state index in [2.05, 4.69) is 6.07 Å². The predicted octanol–water partition coefficient (Wildman–Crippen LogP) is 3.35. The zero-order valence-corrected chi connectivity index (χ0v) is 11.0. The molecule has 0 aliphatic rings. The Kier molecular flexibility index (Phi) is 2.40. The highest BCUT2D eigenvalue weighted by Crippen LogP contribution is 2.30. The molecule has 3 nitrogen and oxygen atoms in total. The molecule has 5 heteroatoms. The van der Waals surface area contributed by atoms with Gasteiger partial charge in [0.2, 0.25) is 0 Å². The standard InChI is InChI=1S/C13H7ClN2OS/c1-7-8(6-15)13-16(12(17)11(7)14)9-4-2-3-5-10(9)18-13/h2-5H,1H3. The molecule has 0 radical (unpaired) electrons. The molecule has 0 N–H and O–H groups in total. The Morgan fingerprint density at radius 1 is 1.39 bits per heavy atom. The summed E-state index contributed by atoms with van der Waals surface area (Å²) in [6.07, 6.45) is 0. The van der Waals surface area contributed by atoms with Gasteiger partial charge in [-0.15, -0.1) is 11.3 Å². The predicted molar refractivity (Wildman–Crippen MR) is 73.5 cm³/mol. The fourth-order valence-corrected chi connectivity index (χ4v) is 3.38. The van der Waals surface area contributed by atoms with Crippen LogP contribution in [0.4, 0.5) is 0 Å². The molecule has 0 aliphatic carbocycles. The molecule has 0 unspecified atom stereocenters. The SMILES string of the molecule is Cc1c(Cl)c(=O)n2c(sc3ccccc32)c1C#N. The molecule has 0 saturated heterocycles. The maximum absolute atomic E-state index is 12.2. The van der Waals surface area contributed by atoms with E-state index in [1.54, 1.807) is 6.92 Å². The van der Waals surface area contributed by atoms with Crippen LogP contribution in [0.3, 0.4) is 0 Å². The van der Waals surface area contributed by atoms with Gasteiger partial charge in [0, 0.05) is 0 Å². The smallest absolute Gasteiger partial charge is 0.267 e. The second-order valence-corrected chi connectivity index (χ2v) is 5.35. The molecule has 3 rings (SSSR count). The van der Waals surface area contributed by atoms with E-state index in [1.165, 1.54) is 15.7 Å². The highest BCUT2D eigenvalue weighted by atomic mass is 35.5. The summed E-state index contributed by atoms with van der Waals surface area (Å²) in [5, 5.41) is 9.36. The number of halogens is 1. The Balaban J connectivity index is 2.74. The van der Waals surface area contributed by atoms with Gasteiger partial charge in [-0.1, -0.05) is 23.7 Å². The number of aromatic nitrogens is 1. The number of nitrogens with zero attached hydrogens (tertiary/aromatic N) is 2. The third-order valence-electron chi connectivity index (χ3n) is 2.94. The molecule has 0 bridgehead atoms. The van der Waals surface area contributed by atoms with Crippen molar-refractivity contribution in [1.82, 2.24) is 4.40 Å². The Morgan fingerprint density at radius 2 is 2.11 bits per heavy atom. The molecule has 0 saturated carbocycles. The van der Waals surface area contributed by atoms with Crippen LogP contribution in [0.15, 0.2) is 29.1 Å². The van der Waals surface area contributed by atoms with Crippen molar-refractivity contribution in [3.8, 4) is 6.07 Å². The third-order valence-corrected chi connectivity index (χ3v) is 4.53. The van der Waals surface area contributed by atoms with Crippen LogP contribution in [-0.4, -0.2) is 4.40 Å². The van der Waals surface area contributed by atoms with Crippen LogP contribution in [0.2, 0.25) is 5.02 Å². The zero-order valence-electron chi connectivity index (χ0n) is 9.40. The van der Waals surface area contributed by atoms with Gasteiger partial charge in [0.25, 0.3) is 5.56 Å². The molecular weight excluding hydrogens is 268 g/mol. The summed E-state index contributed by atoms with van der Waals surface area (Å²) >= 11 is 7.45. The first-order chi connectivity index (χ1) is 8.65. The van der Waals surface area contributed by atoms with Crippen LogP contribution in [-0.2, 0) is 0 Å². The molecule has 0 amide bonds. The highest BCUT2D eigenvalue weighted by Gasteiger charge is 2.17. The van der Waals surface area contributed by atoms with Gasteiger partial charge < -0.3 is 0 Å². The lowest BCUT2D eigenvalue weighted by Crippen LogP contribution is -2.15. The Hall–Kier alpha value is -1.83. The van der Waals surface area contributed by atoms with E-state index in [4.69, 9.17) is 11.6 Å². The number of pyridine rings is 1. The van der Waals surface area contributed by atoms with Crippen molar-refractivity contribution in [1.29, 1.82) is 5.26 Å². The molecule has 2 aromatic heterocycles. The molecule has 0 spiro atoms. The quantitative estimate of drug-likeness (QED) is 0.631. The molecular formula is C13H7ClN2OS. The van der Waals surface area contributed by atoms with Crippen molar-refractivity contribution in [3.05, 3.63) is 50.8 Å². The lowest BCUT2D eigenvalue weighted by atomic mass is 10.2. The van der Waals surface area contributed by atoms with E-state index < -0.39 is 0 Å². The first kappa shape index (κ1) is 11.3. The largest absolute Gasteiger partial charge is 0.275 e. The van der Waals surface area contributed by atoms with E-state index in [0.717, 1.165) is 10.2 Å². The summed E-state index contributed by atoms with van der Waals surface area (Å²) in [6, 6.07) is 9.68. The second kappa shape index (κ2) is 3.84. The number of hydrogen-bond acceptors (Lipinski definition) is 3. The monoisotopic (exact) mass is 274 g/mol. The first-order valence-corrected chi connectivity index (χ1v) is 6.47. The van der Waals surface area contributed by atoms with Gasteiger partial charge in [-0.25, -0.2) is 0 Å². The van der Waals surface area contributed by atoms with Crippen molar-refractivity contribution in [2.24, 2.45) is 0 Å². The average Bonchev–Trinajstić information content (AvgIpc) is 2.76. The molecule has 88 valence electrons. The first-order valence-electron chi connectivity index (χ1n) is 5.27. The molecule has 0 atom stereocenters. The Morgan fingerprint density at radius 3 is 2.83 bits per heavy atom. The molecule has 18 heavy (non-hydrogen) atoms. The summed E-state index contributed by atoms with van der Waals surface area (Å²) in [7, 11) is 0. The van der Waals surface area contributed by atoms with E-state index in [0.29, 0.717) is 16.0 Å². The molecule has 0 aliphatic heterocycles. The molecule has 3 aromatic rings. The maximum Gasteiger partial charge on any atom is 0.275 e. The Labute approximate surface area is 111 Å². The van der Waals surface area contributed by atoms with E-state index in [-0.39, 0.29) is 10.6 Å². The summed E-state index contributed by atoms with van der Waals surface area (Å²) in [4.78, 5) is 12.9. The van der Waals surface area contributed by atoms with Crippen molar-refractivity contribution >= 4 is 38.0 Å². The number of benzene rings is 1. The van der Waals surface area contributed by atoms with Crippen LogP contribution in [0.5, 0.6) is 0 Å². The van der Waals surface area contributed by atoms with Gasteiger partial charge in [-0.05, 0) is 24.6 Å². The van der Waals surface area contributed by atoms with E-state index >= 15 is 0 Å². The normalized spacial score (nSPS) is 10.9. The van der Waals surface area contributed by atoms with Crippen molar-refractivity contribution < 1.29 is 0 Å². The molecule has 1 aromatic carbocycles. The number of fused-ring (bicyclic) bond motifs is 3. The number of rotatable bonds is 0. The van der Waals surface area contributed by atoms with Crippen molar-refractivity contribution in [2.45, 2.75) is 6.92 Å². The number of hydrogen-bond donors (Lipinski definition) is 0. The summed E-state index contributed by atoms with van der Waals surface area (Å²) in [5.41, 5.74) is 1.55. The van der Waals surface area contributed by atoms with Crippen LogP contribution >= 0.6 is 22.9 Å². The van der Waals surface area contributed by atoms with E-state index in [1.807, 2.05) is 24.3 Å². The van der Waals surface area contributed by atoms with Gasteiger partial charge in [0.15, 0.2) is 0 Å². The van der Waals surface area contributed by atoms with Crippen LogP contribution in [0, 0.1) is 18.3 Å². The third kappa shape index (κ3) is 1.32. The highest BCUT2D eigenvalue weighted by molar-refractivity contribution is 7.24. The van der Waals surface area contributed by atoms with Gasteiger partial charge >= 0.3 is 0 Å². The summed E-state index contributed by atoms with van der Waals surface area (Å²) < 4.78 is 2.49. The minimum atomic E-state index is -0.263. The summed E-state index contributed by atoms with van der Waals surface area (Å²) in [5.74, 6) is 0. The van der Waals surface area contributed by atoms with Gasteiger partial charge in [0.05, 0.1) is 15.8 Å². The van der Waals surface area contributed by atoms with Gasteiger partial charge in [-0.3, -0.25) is 9.20 Å². The number of thiazole rings is 1. The zero-order chi connectivity index (χ0) is 12.9. The lowest BCUT2D eigenvalue weighted by Gasteiger charge is -2.02. The second-order valence-electron chi connectivity index (χ2n) is 3.94. The minimum Gasteiger partial charge on any atom is -0.267 e. The fourth-order valence-electron chi connectivity index (χ4n) is 2.01. The minimum absolute atomic E-state index is 0.118. The summed E-state index contributed by atoms with van der Waals surface area (Å²) in [6.45, 7) is 1.70. The molecule has 0 fully saturated rings. The van der Waals surface area contributed by atoms with E-state index in [9.17, 15) is 10.1 Å².